The summed E-state index contributed by atoms with van der Waals surface area (Å²) in [6, 6.07) is 2.36. The Morgan fingerprint density at radius 2 is 1.77 bits per heavy atom. The van der Waals surface area contributed by atoms with Gasteiger partial charge in [0.05, 0.1) is 0 Å². The second-order valence-corrected chi connectivity index (χ2v) is 9.16. The first kappa shape index (κ1) is 20.2. The Hall–Kier alpha value is -2.77. The number of nitrogens with one attached hydrogen (secondary N) is 1. The number of amides is 4. The van der Waals surface area contributed by atoms with Gasteiger partial charge in [0.15, 0.2) is 0 Å². The van der Waals surface area contributed by atoms with Crippen LogP contribution < -0.4 is 5.32 Å². The van der Waals surface area contributed by atoms with Gasteiger partial charge in [0.1, 0.15) is 11.9 Å². The summed E-state index contributed by atoms with van der Waals surface area (Å²) in [7, 11) is 0. The minimum atomic E-state index is -0.704. The lowest BCUT2D eigenvalue weighted by Crippen LogP contribution is -2.52. The maximum absolute atomic E-state index is 15.0. The summed E-state index contributed by atoms with van der Waals surface area (Å²) in [5.41, 5.74) is 1.61. The third kappa shape index (κ3) is 3.51. The lowest BCUT2D eigenvalue weighted by molar-refractivity contribution is -0.139. The molecule has 4 aliphatic rings. The van der Waals surface area contributed by atoms with Gasteiger partial charge in [-0.1, -0.05) is 12.5 Å². The summed E-state index contributed by atoms with van der Waals surface area (Å²) in [5.74, 6) is -1.14. The van der Waals surface area contributed by atoms with Crippen LogP contribution in [0.3, 0.4) is 0 Å². The van der Waals surface area contributed by atoms with E-state index < -0.39 is 17.8 Å². The normalized spacial score (nSPS) is 24.8. The molecule has 1 aromatic carbocycles. The average Bonchev–Trinajstić information content (AvgIpc) is 3.02. The fourth-order valence-electron chi connectivity index (χ4n) is 5.25. The van der Waals surface area contributed by atoms with Crippen LogP contribution in [-0.4, -0.2) is 52.6 Å². The number of carbonyl (C=O) groups excluding carboxylic acids is 4. The van der Waals surface area contributed by atoms with Gasteiger partial charge < -0.3 is 9.80 Å². The van der Waals surface area contributed by atoms with Gasteiger partial charge in [-0.3, -0.25) is 24.5 Å². The largest absolute Gasteiger partial charge is 0.342 e. The Bertz CT molecular complexity index is 966. The molecule has 1 unspecified atom stereocenters. The van der Waals surface area contributed by atoms with Gasteiger partial charge in [0.25, 0.3) is 5.91 Å². The predicted molar refractivity (Wildman–Crippen MR) is 108 cm³/mol. The number of carbonyl (C=O) groups is 4. The number of hydrogen-bond acceptors (Lipinski definition) is 4. The lowest BCUT2D eigenvalue weighted by Gasteiger charge is -2.36. The second-order valence-electron chi connectivity index (χ2n) is 9.16. The number of rotatable bonds is 3. The third-order valence-corrected chi connectivity index (χ3v) is 7.34. The second kappa shape index (κ2) is 7.73. The van der Waals surface area contributed by atoms with Gasteiger partial charge in [-0.2, -0.15) is 0 Å². The maximum Gasteiger partial charge on any atom is 0.255 e. The van der Waals surface area contributed by atoms with E-state index in [-0.39, 0.29) is 48.9 Å². The number of fused-ring (bicyclic) bond motifs is 1. The molecule has 8 heteroatoms. The molecule has 1 N–H and O–H groups in total. The van der Waals surface area contributed by atoms with E-state index in [4.69, 9.17) is 0 Å². The highest BCUT2D eigenvalue weighted by Gasteiger charge is 2.40. The molecule has 2 saturated heterocycles. The minimum absolute atomic E-state index is 0.00972. The molecule has 5 rings (SSSR count). The van der Waals surface area contributed by atoms with Crippen LogP contribution in [0.15, 0.2) is 12.1 Å². The lowest BCUT2D eigenvalue weighted by atomic mass is 9.82. The van der Waals surface area contributed by atoms with E-state index in [2.05, 4.69) is 5.32 Å². The summed E-state index contributed by atoms with van der Waals surface area (Å²) in [5, 5.41) is 2.28. The molecule has 1 aromatic rings. The Balaban J connectivity index is 1.29. The van der Waals surface area contributed by atoms with Crippen LogP contribution in [0.4, 0.5) is 4.39 Å². The summed E-state index contributed by atoms with van der Waals surface area (Å²) >= 11 is 0. The van der Waals surface area contributed by atoms with E-state index in [1.54, 1.807) is 6.07 Å². The number of piperidine rings is 2. The van der Waals surface area contributed by atoms with Gasteiger partial charge in [-0.05, 0) is 55.2 Å². The van der Waals surface area contributed by atoms with E-state index in [1.165, 1.54) is 11.0 Å². The smallest absolute Gasteiger partial charge is 0.255 e. The minimum Gasteiger partial charge on any atom is -0.342 e. The number of benzene rings is 1. The molecule has 1 saturated carbocycles. The zero-order valence-electron chi connectivity index (χ0n) is 17.4. The molecule has 3 fully saturated rings. The van der Waals surface area contributed by atoms with Gasteiger partial charge in [0.2, 0.25) is 17.7 Å². The Morgan fingerprint density at radius 3 is 2.42 bits per heavy atom. The van der Waals surface area contributed by atoms with Crippen molar-refractivity contribution in [1.82, 2.24) is 15.1 Å². The van der Waals surface area contributed by atoms with Crippen molar-refractivity contribution in [2.45, 2.75) is 63.5 Å². The third-order valence-electron chi connectivity index (χ3n) is 7.34. The van der Waals surface area contributed by atoms with Crippen molar-refractivity contribution >= 4 is 23.6 Å². The summed E-state index contributed by atoms with van der Waals surface area (Å²) in [6.07, 6.45) is 4.98. The van der Waals surface area contributed by atoms with Gasteiger partial charge in [0, 0.05) is 37.5 Å². The van der Waals surface area contributed by atoms with Crippen molar-refractivity contribution in [1.29, 1.82) is 0 Å². The SMILES string of the molecule is O=C1CCC(N2Cc3cc(C4CCN(C(=O)C5CCC5)CC4)c(F)cc3C2=O)C(=O)N1. The quantitative estimate of drug-likeness (QED) is 0.749. The number of imide groups is 1. The van der Waals surface area contributed by atoms with E-state index in [0.717, 1.165) is 24.8 Å². The maximum atomic E-state index is 15.0. The number of nitrogens with zero attached hydrogens (tertiary/aromatic N) is 2. The van der Waals surface area contributed by atoms with Crippen molar-refractivity contribution in [3.8, 4) is 0 Å². The molecule has 31 heavy (non-hydrogen) atoms. The number of halogens is 1. The molecule has 1 atom stereocenters. The standard InChI is InChI=1S/C23H26FN3O4/c24-18-11-17-15(12-27(23(17)31)19-4-5-20(28)25-21(19)29)10-16(18)13-6-8-26(9-7-13)22(30)14-2-1-3-14/h10-11,13-14,19H,1-9,12H2,(H,25,28,29). The van der Waals surface area contributed by atoms with Gasteiger partial charge in [-0.15, -0.1) is 0 Å². The molecule has 7 nitrogen and oxygen atoms in total. The fraction of sp³-hybridized carbons (Fsp3) is 0.565. The molecule has 0 spiro atoms. The van der Waals surface area contributed by atoms with Crippen molar-refractivity contribution in [2.24, 2.45) is 5.92 Å². The molecule has 3 aliphatic heterocycles. The van der Waals surface area contributed by atoms with Crippen molar-refractivity contribution in [2.75, 3.05) is 13.1 Å². The monoisotopic (exact) mass is 427 g/mol. The zero-order valence-corrected chi connectivity index (χ0v) is 17.4. The van der Waals surface area contributed by atoms with E-state index in [1.807, 2.05) is 4.90 Å². The highest BCUT2D eigenvalue weighted by Crippen LogP contribution is 2.36. The van der Waals surface area contributed by atoms with Crippen LogP contribution >= 0.6 is 0 Å². The zero-order chi connectivity index (χ0) is 21.7. The van der Waals surface area contributed by atoms with Crippen molar-refractivity contribution < 1.29 is 23.6 Å². The van der Waals surface area contributed by atoms with Gasteiger partial charge >= 0.3 is 0 Å². The Kier molecular flexibility index (Phi) is 5.02. The van der Waals surface area contributed by atoms with Crippen LogP contribution in [-0.2, 0) is 20.9 Å². The molecular weight excluding hydrogens is 401 g/mol. The molecule has 1 aliphatic carbocycles. The molecule has 0 radical (unpaired) electrons. The summed E-state index contributed by atoms with van der Waals surface area (Å²) < 4.78 is 15.0. The first-order valence-electron chi connectivity index (χ1n) is 11.2. The molecule has 0 aromatic heterocycles. The Labute approximate surface area is 179 Å². The predicted octanol–water partition coefficient (Wildman–Crippen LogP) is 2.09. The first-order valence-corrected chi connectivity index (χ1v) is 11.2. The van der Waals surface area contributed by atoms with E-state index in [9.17, 15) is 23.6 Å². The topological polar surface area (TPSA) is 86.8 Å². The summed E-state index contributed by atoms with van der Waals surface area (Å²) in [6.45, 7) is 1.52. The Morgan fingerprint density at radius 1 is 1.03 bits per heavy atom. The average molecular weight is 427 g/mol. The molecular formula is C23H26FN3O4. The number of hydrogen-bond donors (Lipinski definition) is 1. The van der Waals surface area contributed by atoms with E-state index in [0.29, 0.717) is 37.1 Å². The fourth-order valence-corrected chi connectivity index (χ4v) is 5.25. The van der Waals surface area contributed by atoms with Crippen LogP contribution in [0.25, 0.3) is 0 Å². The van der Waals surface area contributed by atoms with Crippen LogP contribution in [0, 0.1) is 11.7 Å². The first-order chi connectivity index (χ1) is 14.9. The van der Waals surface area contributed by atoms with Crippen molar-refractivity contribution in [3.05, 3.63) is 34.6 Å². The van der Waals surface area contributed by atoms with Crippen LogP contribution in [0.5, 0.6) is 0 Å². The molecule has 164 valence electrons. The number of likely N-dealkylation sites (tertiary alicyclic amines) is 1. The van der Waals surface area contributed by atoms with Crippen LogP contribution in [0.1, 0.15) is 72.3 Å². The molecule has 3 heterocycles. The molecule has 4 amide bonds. The van der Waals surface area contributed by atoms with Crippen molar-refractivity contribution in [3.63, 3.8) is 0 Å². The molecule has 0 bridgehead atoms. The van der Waals surface area contributed by atoms with Gasteiger partial charge in [-0.25, -0.2) is 4.39 Å². The summed E-state index contributed by atoms with van der Waals surface area (Å²) in [4.78, 5) is 52.3. The highest BCUT2D eigenvalue weighted by atomic mass is 19.1. The highest BCUT2D eigenvalue weighted by molar-refractivity contribution is 6.05. The van der Waals surface area contributed by atoms with E-state index >= 15 is 0 Å². The van der Waals surface area contributed by atoms with Crippen LogP contribution in [0.2, 0.25) is 0 Å².